The Labute approximate surface area is 306 Å². The summed E-state index contributed by atoms with van der Waals surface area (Å²) in [6.07, 6.45) is 2.50. The van der Waals surface area contributed by atoms with E-state index in [0.29, 0.717) is 0 Å². The molecule has 1 spiro atoms. The van der Waals surface area contributed by atoms with Gasteiger partial charge in [-0.3, -0.25) is 0 Å². The van der Waals surface area contributed by atoms with Crippen molar-refractivity contribution in [2.24, 2.45) is 0 Å². The summed E-state index contributed by atoms with van der Waals surface area (Å²) in [7, 11) is -1.71. The molecule has 256 valence electrons. The molecule has 1 atom stereocenters. The average Bonchev–Trinajstić information content (AvgIpc) is 3.80. The lowest BCUT2D eigenvalue weighted by atomic mass is 9.82. The van der Waals surface area contributed by atoms with E-state index in [0.717, 1.165) is 33.3 Å². The van der Waals surface area contributed by atoms with Crippen LogP contribution in [0.15, 0.2) is 114 Å². The highest BCUT2D eigenvalue weighted by Crippen LogP contribution is 2.53. The van der Waals surface area contributed by atoms with Crippen LogP contribution < -0.4 is 14.3 Å². The van der Waals surface area contributed by atoms with Gasteiger partial charge in [-0.25, -0.2) is 0 Å². The van der Waals surface area contributed by atoms with Crippen LogP contribution in [0.1, 0.15) is 54.2 Å². The van der Waals surface area contributed by atoms with Gasteiger partial charge in [0.15, 0.2) is 22.8 Å². The zero-order valence-electron chi connectivity index (χ0n) is 31.6. The molecule has 0 N–H and O–H groups in total. The summed E-state index contributed by atoms with van der Waals surface area (Å²) >= 11 is 0. The number of nitrogens with zero attached hydrogens (tertiary/aromatic N) is 3. The van der Waals surface area contributed by atoms with Crippen molar-refractivity contribution in [3.63, 3.8) is 0 Å². The van der Waals surface area contributed by atoms with Crippen molar-refractivity contribution in [2.75, 3.05) is 0 Å². The molecule has 0 bridgehead atoms. The predicted molar refractivity (Wildman–Crippen MR) is 216 cm³/mol. The fraction of sp³-hybridized carbons (Fsp3) is 0.234. The topological polar surface area (TPSA) is 25.8 Å². The second kappa shape index (κ2) is 10.2. The van der Waals surface area contributed by atoms with E-state index in [1.165, 1.54) is 66.5 Å². The lowest BCUT2D eigenvalue weighted by Crippen LogP contribution is -2.72. The Morgan fingerprint density at radius 1 is 0.731 bits per heavy atom. The second-order valence-electron chi connectivity index (χ2n) is 17.3. The van der Waals surface area contributed by atoms with E-state index in [1.807, 2.05) is 0 Å². The predicted octanol–water partition coefficient (Wildman–Crippen LogP) is 10.1. The Kier molecular flexibility index (Phi) is 6.17. The Hall–Kier alpha value is -5.26. The van der Waals surface area contributed by atoms with Gasteiger partial charge in [0.2, 0.25) is 5.69 Å². The Bertz CT molecular complexity index is 2770. The van der Waals surface area contributed by atoms with E-state index in [-0.39, 0.29) is 5.41 Å². The van der Waals surface area contributed by atoms with Crippen LogP contribution in [0.25, 0.3) is 61.3 Å². The maximum absolute atomic E-state index is 7.02. The largest absolute Gasteiger partial charge is 0.455 e. The number of benzene rings is 5. The molecule has 8 aromatic rings. The fourth-order valence-corrected chi connectivity index (χ4v) is 10.6. The van der Waals surface area contributed by atoms with Crippen LogP contribution >= 0.6 is 0 Å². The molecule has 0 aliphatic carbocycles. The normalized spacial score (nSPS) is 16.2. The standard InChI is InChI=1S/C47H45N3OSi/c1-28-24-29(2)43(30(3)25-28)49-39-15-11-12-16-40(39)50-45(49)42-36(22-21-34-33-14-10-13-17-41(33)51-44(34)42)47(50)37-26-31(46(4,5)6)18-20-35(37)38-23-19-32(27-48(38)47)52(7,8)9/h10-27H,1-9H3/q+2. The monoisotopic (exact) mass is 695 g/mol. The fourth-order valence-electron chi connectivity index (χ4n) is 9.48. The molecule has 52 heavy (non-hydrogen) atoms. The molecule has 1 unspecified atom stereocenters. The Morgan fingerprint density at radius 3 is 2.21 bits per heavy atom. The molecule has 0 saturated heterocycles. The molecule has 10 rings (SSSR count). The molecular weight excluding hydrogens is 651 g/mol. The molecule has 0 fully saturated rings. The lowest BCUT2D eigenvalue weighted by Gasteiger charge is -2.24. The van der Waals surface area contributed by atoms with Crippen molar-refractivity contribution in [1.29, 1.82) is 0 Å². The number of rotatable bonds is 2. The quantitative estimate of drug-likeness (QED) is 0.131. The first-order chi connectivity index (χ1) is 24.8. The Balaban J connectivity index is 1.49. The average molecular weight is 696 g/mol. The van der Waals surface area contributed by atoms with Gasteiger partial charge >= 0.3 is 11.5 Å². The van der Waals surface area contributed by atoms with E-state index in [2.05, 4.69) is 184 Å². The summed E-state index contributed by atoms with van der Waals surface area (Å²) in [5, 5.41) is 3.73. The summed E-state index contributed by atoms with van der Waals surface area (Å²) in [4.78, 5) is 0. The summed E-state index contributed by atoms with van der Waals surface area (Å²) < 4.78 is 14.9. The number of pyridine rings is 1. The van der Waals surface area contributed by atoms with Gasteiger partial charge in [-0.15, -0.1) is 9.13 Å². The first-order valence-electron chi connectivity index (χ1n) is 18.6. The summed E-state index contributed by atoms with van der Waals surface area (Å²) in [6, 6.07) is 38.9. The van der Waals surface area contributed by atoms with Crippen LogP contribution in [0.3, 0.4) is 0 Å². The highest BCUT2D eigenvalue weighted by molar-refractivity contribution is 6.88. The third kappa shape index (κ3) is 3.92. The van der Waals surface area contributed by atoms with Crippen molar-refractivity contribution in [1.82, 2.24) is 4.57 Å². The lowest BCUT2D eigenvalue weighted by molar-refractivity contribution is -0.944. The molecule has 5 aromatic carbocycles. The minimum absolute atomic E-state index is 0.0269. The van der Waals surface area contributed by atoms with Gasteiger partial charge in [-0.1, -0.05) is 101 Å². The SMILES string of the molecule is Cc1cc(C)c(-n2c3[n+](c4ccccc42)C2(c4cc(C(C)(C)C)ccc4-c4ccc([Si](C)(C)C)c[n+]42)c2ccc4c(oc5ccccc54)c2-3)c(C)c1. The third-order valence-corrected chi connectivity index (χ3v) is 13.8. The van der Waals surface area contributed by atoms with Gasteiger partial charge in [0.1, 0.15) is 16.8 Å². The van der Waals surface area contributed by atoms with Crippen LogP contribution in [-0.4, -0.2) is 12.6 Å². The summed E-state index contributed by atoms with van der Waals surface area (Å²) in [5.41, 5.74) is 16.1. The molecule has 0 radical (unpaired) electrons. The van der Waals surface area contributed by atoms with Gasteiger partial charge in [0.25, 0.3) is 0 Å². The highest BCUT2D eigenvalue weighted by Gasteiger charge is 2.67. The number of aromatic nitrogens is 3. The van der Waals surface area contributed by atoms with E-state index in [9.17, 15) is 0 Å². The van der Waals surface area contributed by atoms with Crippen LogP contribution in [0.4, 0.5) is 0 Å². The number of aryl methyl sites for hydroxylation is 3. The molecule has 2 aliphatic heterocycles. The summed E-state index contributed by atoms with van der Waals surface area (Å²) in [5.74, 6) is 1.15. The molecule has 2 aliphatic rings. The van der Waals surface area contributed by atoms with Crippen molar-refractivity contribution < 1.29 is 13.6 Å². The molecule has 4 nitrogen and oxygen atoms in total. The van der Waals surface area contributed by atoms with Gasteiger partial charge < -0.3 is 4.42 Å². The first-order valence-corrected chi connectivity index (χ1v) is 22.1. The van der Waals surface area contributed by atoms with Crippen molar-refractivity contribution >= 4 is 46.2 Å². The zero-order valence-corrected chi connectivity index (χ0v) is 32.6. The third-order valence-electron chi connectivity index (χ3n) is 11.8. The van der Waals surface area contributed by atoms with Gasteiger partial charge in [0.05, 0.1) is 24.8 Å². The van der Waals surface area contributed by atoms with Crippen molar-refractivity contribution in [2.45, 2.75) is 72.3 Å². The minimum Gasteiger partial charge on any atom is -0.455 e. The molecule has 0 saturated carbocycles. The number of imidazole rings is 1. The maximum atomic E-state index is 7.02. The van der Waals surface area contributed by atoms with Crippen molar-refractivity contribution in [3.8, 4) is 28.3 Å². The summed E-state index contributed by atoms with van der Waals surface area (Å²) in [6.45, 7) is 21.1. The molecular formula is C47H45N3OSi+2. The van der Waals surface area contributed by atoms with E-state index >= 15 is 0 Å². The number of hydrogen-bond donors (Lipinski definition) is 0. The smallest absolute Gasteiger partial charge is 0.364 e. The van der Waals surface area contributed by atoms with E-state index < -0.39 is 13.7 Å². The molecule has 3 aromatic heterocycles. The number of para-hydroxylation sites is 3. The number of hydrogen-bond acceptors (Lipinski definition) is 1. The molecule has 5 heteroatoms. The first kappa shape index (κ1) is 31.5. The van der Waals surface area contributed by atoms with E-state index in [4.69, 9.17) is 4.42 Å². The van der Waals surface area contributed by atoms with Crippen LogP contribution in [0.5, 0.6) is 0 Å². The van der Waals surface area contributed by atoms with Crippen molar-refractivity contribution in [3.05, 3.63) is 143 Å². The molecule has 0 amide bonds. The van der Waals surface area contributed by atoms with Crippen LogP contribution in [0, 0.1) is 20.8 Å². The van der Waals surface area contributed by atoms with Gasteiger partial charge in [-0.2, -0.15) is 4.57 Å². The number of furan rings is 1. The minimum atomic E-state index is -1.71. The van der Waals surface area contributed by atoms with Crippen LogP contribution in [0.2, 0.25) is 19.6 Å². The zero-order chi connectivity index (χ0) is 36.1. The van der Waals surface area contributed by atoms with Gasteiger partial charge in [-0.05, 0) is 85.3 Å². The number of fused-ring (bicyclic) bond motifs is 16. The second-order valence-corrected chi connectivity index (χ2v) is 22.4. The van der Waals surface area contributed by atoms with E-state index in [1.54, 1.807) is 0 Å². The highest BCUT2D eigenvalue weighted by atomic mass is 28.3. The molecule has 5 heterocycles. The van der Waals surface area contributed by atoms with Crippen LogP contribution in [-0.2, 0) is 11.1 Å². The van der Waals surface area contributed by atoms with Gasteiger partial charge in [0, 0.05) is 22.0 Å². The maximum Gasteiger partial charge on any atom is 0.364 e. The Morgan fingerprint density at radius 2 is 1.46 bits per heavy atom.